The van der Waals surface area contributed by atoms with Crippen molar-refractivity contribution in [1.82, 2.24) is 4.98 Å². The van der Waals surface area contributed by atoms with E-state index in [0.29, 0.717) is 16.1 Å². The van der Waals surface area contributed by atoms with E-state index in [-0.39, 0.29) is 5.97 Å². The quantitative estimate of drug-likeness (QED) is 0.845. The number of carbonyl (C=O) groups is 1. The topological polar surface area (TPSA) is 59.4 Å². The predicted molar refractivity (Wildman–Crippen MR) is 64.0 cm³/mol. The van der Waals surface area contributed by atoms with E-state index in [4.69, 9.17) is 0 Å². The maximum atomic E-state index is 11.2. The summed E-state index contributed by atoms with van der Waals surface area (Å²) in [5.41, 5.74) is 1.16. The van der Waals surface area contributed by atoms with Crippen molar-refractivity contribution in [2.45, 2.75) is 6.10 Å². The van der Waals surface area contributed by atoms with Gasteiger partial charge in [-0.1, -0.05) is 12.1 Å². The predicted octanol–water partition coefficient (Wildman–Crippen LogP) is 2.01. The standard InChI is InChI=1S/C12H11NO3S/c1-16-12(15)9-4-2-8(3-5-9)10(14)11-13-6-7-17-11/h2-7,10,14H,1H3/t10-/m0/s1. The highest BCUT2D eigenvalue weighted by Gasteiger charge is 2.13. The lowest BCUT2D eigenvalue weighted by molar-refractivity contribution is 0.0600. The van der Waals surface area contributed by atoms with E-state index in [1.165, 1.54) is 18.4 Å². The van der Waals surface area contributed by atoms with Gasteiger partial charge in [-0.05, 0) is 17.7 Å². The number of thiazole rings is 1. The molecule has 5 heteroatoms. The number of aliphatic hydroxyl groups excluding tert-OH is 1. The van der Waals surface area contributed by atoms with Crippen LogP contribution in [0.25, 0.3) is 0 Å². The lowest BCUT2D eigenvalue weighted by Gasteiger charge is -2.08. The van der Waals surface area contributed by atoms with Crippen molar-refractivity contribution in [3.05, 3.63) is 52.0 Å². The maximum Gasteiger partial charge on any atom is 0.337 e. The number of rotatable bonds is 3. The molecule has 88 valence electrons. The molecule has 0 aliphatic heterocycles. The summed E-state index contributed by atoms with van der Waals surface area (Å²) in [7, 11) is 1.33. The van der Waals surface area contributed by atoms with Crippen molar-refractivity contribution < 1.29 is 14.6 Å². The molecule has 0 unspecified atom stereocenters. The Balaban J connectivity index is 2.21. The Labute approximate surface area is 103 Å². The summed E-state index contributed by atoms with van der Waals surface area (Å²) in [6.45, 7) is 0. The van der Waals surface area contributed by atoms with Gasteiger partial charge in [0.05, 0.1) is 12.7 Å². The minimum atomic E-state index is -0.748. The van der Waals surface area contributed by atoms with Crippen molar-refractivity contribution in [1.29, 1.82) is 0 Å². The van der Waals surface area contributed by atoms with E-state index in [9.17, 15) is 9.90 Å². The van der Waals surface area contributed by atoms with Gasteiger partial charge in [-0.15, -0.1) is 11.3 Å². The second-order valence-electron chi connectivity index (χ2n) is 3.39. The summed E-state index contributed by atoms with van der Waals surface area (Å²) < 4.78 is 4.60. The molecular formula is C12H11NO3S. The zero-order valence-electron chi connectivity index (χ0n) is 9.16. The summed E-state index contributed by atoms with van der Waals surface area (Å²) in [4.78, 5) is 15.3. The fourth-order valence-electron chi connectivity index (χ4n) is 1.43. The molecule has 0 aliphatic rings. The largest absolute Gasteiger partial charge is 0.465 e. The Morgan fingerprint density at radius 3 is 2.65 bits per heavy atom. The van der Waals surface area contributed by atoms with Gasteiger partial charge in [0.1, 0.15) is 11.1 Å². The van der Waals surface area contributed by atoms with Crippen LogP contribution in [0.3, 0.4) is 0 Å². The molecule has 0 radical (unpaired) electrons. The van der Waals surface area contributed by atoms with E-state index in [2.05, 4.69) is 9.72 Å². The summed E-state index contributed by atoms with van der Waals surface area (Å²) in [6, 6.07) is 6.63. The number of methoxy groups -OCH3 is 1. The van der Waals surface area contributed by atoms with Crippen molar-refractivity contribution in [2.24, 2.45) is 0 Å². The van der Waals surface area contributed by atoms with Crippen molar-refractivity contribution in [3.63, 3.8) is 0 Å². The monoisotopic (exact) mass is 249 g/mol. The van der Waals surface area contributed by atoms with Crippen LogP contribution in [-0.4, -0.2) is 23.2 Å². The van der Waals surface area contributed by atoms with Crippen molar-refractivity contribution in [2.75, 3.05) is 7.11 Å². The van der Waals surface area contributed by atoms with Crippen molar-refractivity contribution >= 4 is 17.3 Å². The fraction of sp³-hybridized carbons (Fsp3) is 0.167. The highest BCUT2D eigenvalue weighted by atomic mass is 32.1. The molecule has 1 atom stereocenters. The number of carbonyl (C=O) groups excluding carboxylic acids is 1. The lowest BCUT2D eigenvalue weighted by atomic mass is 10.1. The van der Waals surface area contributed by atoms with Gasteiger partial charge < -0.3 is 9.84 Å². The Morgan fingerprint density at radius 2 is 2.12 bits per heavy atom. The minimum absolute atomic E-state index is 0.389. The number of hydrogen-bond donors (Lipinski definition) is 1. The average molecular weight is 249 g/mol. The molecule has 2 aromatic rings. The molecule has 4 nitrogen and oxygen atoms in total. The van der Waals surface area contributed by atoms with Gasteiger partial charge in [-0.3, -0.25) is 0 Å². The van der Waals surface area contributed by atoms with Gasteiger partial charge in [-0.2, -0.15) is 0 Å². The SMILES string of the molecule is COC(=O)c1ccc([C@H](O)c2nccs2)cc1. The Morgan fingerprint density at radius 1 is 1.41 bits per heavy atom. The molecule has 0 bridgehead atoms. The number of aliphatic hydroxyl groups is 1. The zero-order chi connectivity index (χ0) is 12.3. The third-order valence-corrected chi connectivity index (χ3v) is 3.16. The van der Waals surface area contributed by atoms with Crippen LogP contribution >= 0.6 is 11.3 Å². The lowest BCUT2D eigenvalue weighted by Crippen LogP contribution is -2.03. The Kier molecular flexibility index (Phi) is 3.51. The van der Waals surface area contributed by atoms with E-state index in [1.807, 2.05) is 0 Å². The maximum absolute atomic E-state index is 11.2. The Bertz CT molecular complexity index is 493. The molecule has 1 heterocycles. The summed E-state index contributed by atoms with van der Waals surface area (Å²) in [5, 5.41) is 12.4. The molecule has 0 aliphatic carbocycles. The van der Waals surface area contributed by atoms with Crippen molar-refractivity contribution in [3.8, 4) is 0 Å². The first-order chi connectivity index (χ1) is 8.22. The van der Waals surface area contributed by atoms with Crippen LogP contribution in [0.15, 0.2) is 35.8 Å². The molecule has 0 spiro atoms. The van der Waals surface area contributed by atoms with E-state index >= 15 is 0 Å². The number of esters is 1. The van der Waals surface area contributed by atoms with Gasteiger partial charge in [0.15, 0.2) is 0 Å². The first kappa shape index (κ1) is 11.8. The van der Waals surface area contributed by atoms with Crippen LogP contribution in [0.1, 0.15) is 27.0 Å². The smallest absolute Gasteiger partial charge is 0.337 e. The van der Waals surface area contributed by atoms with Gasteiger partial charge >= 0.3 is 5.97 Å². The van der Waals surface area contributed by atoms with E-state index in [0.717, 1.165) is 0 Å². The van der Waals surface area contributed by atoms with Gasteiger partial charge in [0.25, 0.3) is 0 Å². The average Bonchev–Trinajstić information content (AvgIpc) is 2.91. The van der Waals surface area contributed by atoms with Gasteiger partial charge in [-0.25, -0.2) is 9.78 Å². The first-order valence-corrected chi connectivity index (χ1v) is 5.86. The molecule has 0 saturated heterocycles. The molecule has 0 fully saturated rings. The number of hydrogen-bond acceptors (Lipinski definition) is 5. The van der Waals surface area contributed by atoms with Gasteiger partial charge in [0.2, 0.25) is 0 Å². The third kappa shape index (κ3) is 2.51. The highest BCUT2D eigenvalue weighted by Crippen LogP contribution is 2.23. The second-order valence-corrected chi connectivity index (χ2v) is 4.31. The molecule has 1 aromatic heterocycles. The summed E-state index contributed by atoms with van der Waals surface area (Å²) in [5.74, 6) is -0.389. The van der Waals surface area contributed by atoms with Crippen LogP contribution in [0.4, 0.5) is 0 Å². The van der Waals surface area contributed by atoms with Gasteiger partial charge in [0, 0.05) is 11.6 Å². The molecule has 1 aromatic carbocycles. The first-order valence-electron chi connectivity index (χ1n) is 4.98. The van der Waals surface area contributed by atoms with Crippen LogP contribution in [-0.2, 0) is 4.74 Å². The van der Waals surface area contributed by atoms with Crippen LogP contribution in [0.2, 0.25) is 0 Å². The molecule has 1 N–H and O–H groups in total. The number of ether oxygens (including phenoxy) is 1. The molecule has 2 rings (SSSR count). The fourth-order valence-corrected chi connectivity index (χ4v) is 2.08. The van der Waals surface area contributed by atoms with Crippen LogP contribution in [0.5, 0.6) is 0 Å². The van der Waals surface area contributed by atoms with Crippen LogP contribution < -0.4 is 0 Å². The summed E-state index contributed by atoms with van der Waals surface area (Å²) in [6.07, 6.45) is 0.896. The second kappa shape index (κ2) is 5.07. The number of benzene rings is 1. The van der Waals surface area contributed by atoms with E-state index in [1.54, 1.807) is 35.8 Å². The molecule has 0 saturated carbocycles. The third-order valence-electron chi connectivity index (χ3n) is 2.33. The minimum Gasteiger partial charge on any atom is -0.465 e. The highest BCUT2D eigenvalue weighted by molar-refractivity contribution is 7.09. The number of nitrogens with zero attached hydrogens (tertiary/aromatic N) is 1. The molecule has 0 amide bonds. The molecular weight excluding hydrogens is 238 g/mol. The molecule has 17 heavy (non-hydrogen) atoms. The summed E-state index contributed by atoms with van der Waals surface area (Å²) >= 11 is 1.39. The van der Waals surface area contributed by atoms with E-state index < -0.39 is 6.10 Å². The zero-order valence-corrected chi connectivity index (χ0v) is 9.98. The Hall–Kier alpha value is -1.72. The van der Waals surface area contributed by atoms with Crippen LogP contribution in [0, 0.1) is 0 Å². The normalized spacial score (nSPS) is 12.1. The number of aromatic nitrogens is 1.